The van der Waals surface area contributed by atoms with Crippen LogP contribution >= 0.6 is 0 Å². The highest BCUT2D eigenvalue weighted by Crippen LogP contribution is 2.20. The molecular weight excluding hydrogens is 336 g/mol. The fourth-order valence-electron chi connectivity index (χ4n) is 2.84. The third-order valence-electron chi connectivity index (χ3n) is 4.38. The van der Waals surface area contributed by atoms with Crippen LogP contribution in [0.2, 0.25) is 0 Å². The molecule has 5 heteroatoms. The molecule has 2 N–H and O–H groups in total. The van der Waals surface area contributed by atoms with E-state index in [1.54, 1.807) is 6.07 Å². The molecule has 0 saturated carbocycles. The molecule has 0 aliphatic carbocycles. The molecule has 0 bridgehead atoms. The van der Waals surface area contributed by atoms with Crippen molar-refractivity contribution in [3.63, 3.8) is 0 Å². The molecule has 2 aromatic carbocycles. The van der Waals surface area contributed by atoms with Crippen LogP contribution in [0.4, 0.5) is 11.6 Å². The van der Waals surface area contributed by atoms with E-state index in [0.29, 0.717) is 18.2 Å². The number of nitrogens with zero attached hydrogens (tertiary/aromatic N) is 2. The van der Waals surface area contributed by atoms with Gasteiger partial charge in [0, 0.05) is 17.9 Å². The first kappa shape index (κ1) is 18.6. The van der Waals surface area contributed by atoms with E-state index in [-0.39, 0.29) is 5.91 Å². The van der Waals surface area contributed by atoms with Gasteiger partial charge in [-0.05, 0) is 50.5 Å². The average Bonchev–Trinajstić information content (AvgIpc) is 2.64. The second-order valence-electron chi connectivity index (χ2n) is 6.78. The van der Waals surface area contributed by atoms with E-state index in [4.69, 9.17) is 0 Å². The Hall–Kier alpha value is -3.21. The molecule has 1 aromatic heterocycles. The maximum Gasteiger partial charge on any atom is 0.274 e. The first-order valence-corrected chi connectivity index (χ1v) is 8.95. The molecule has 5 nitrogen and oxygen atoms in total. The highest BCUT2D eigenvalue weighted by molar-refractivity contribution is 6.03. The summed E-state index contributed by atoms with van der Waals surface area (Å²) in [6.07, 6.45) is 0. The second-order valence-corrected chi connectivity index (χ2v) is 6.78. The van der Waals surface area contributed by atoms with E-state index in [0.717, 1.165) is 28.1 Å². The molecule has 0 atom stereocenters. The van der Waals surface area contributed by atoms with Crippen molar-refractivity contribution in [1.29, 1.82) is 0 Å². The van der Waals surface area contributed by atoms with Gasteiger partial charge in [-0.15, -0.1) is 0 Å². The maximum absolute atomic E-state index is 12.7. The van der Waals surface area contributed by atoms with Crippen molar-refractivity contribution >= 4 is 17.5 Å². The first-order chi connectivity index (χ1) is 12.9. The molecule has 1 heterocycles. The van der Waals surface area contributed by atoms with Crippen LogP contribution in [-0.4, -0.2) is 15.9 Å². The number of nitrogens with one attached hydrogen (secondary N) is 2. The number of carbonyl (C=O) groups excluding carboxylic acids is 1. The van der Waals surface area contributed by atoms with Gasteiger partial charge in [-0.2, -0.15) is 0 Å². The summed E-state index contributed by atoms with van der Waals surface area (Å²) in [4.78, 5) is 21.5. The Bertz CT molecular complexity index is 944. The largest absolute Gasteiger partial charge is 0.350 e. The van der Waals surface area contributed by atoms with Crippen molar-refractivity contribution in [2.24, 2.45) is 0 Å². The molecule has 0 fully saturated rings. The normalized spacial score (nSPS) is 10.5. The topological polar surface area (TPSA) is 66.9 Å². The molecule has 3 rings (SSSR count). The Morgan fingerprint density at radius 1 is 0.926 bits per heavy atom. The molecule has 0 saturated heterocycles. The van der Waals surface area contributed by atoms with Crippen LogP contribution in [0.25, 0.3) is 0 Å². The monoisotopic (exact) mass is 360 g/mol. The number of aromatic nitrogens is 2. The number of carbonyl (C=O) groups is 1. The Balaban J connectivity index is 1.76. The number of amides is 1. The van der Waals surface area contributed by atoms with E-state index < -0.39 is 0 Å². The standard InChI is InChI=1S/C22H24N4O/c1-14-8-10-18(11-9-14)13-23-22-24-17(4)12-19(25-22)21(27)26-20-15(2)6-5-7-16(20)3/h5-12H,13H2,1-4H3,(H,26,27)(H,23,24,25). The fourth-order valence-corrected chi connectivity index (χ4v) is 2.84. The highest BCUT2D eigenvalue weighted by atomic mass is 16.1. The molecule has 0 unspecified atom stereocenters. The molecule has 138 valence electrons. The fraction of sp³-hybridized carbons (Fsp3) is 0.227. The van der Waals surface area contributed by atoms with Crippen LogP contribution in [0.1, 0.15) is 38.4 Å². The van der Waals surface area contributed by atoms with E-state index in [2.05, 4.69) is 51.8 Å². The Morgan fingerprint density at radius 3 is 2.26 bits per heavy atom. The number of aryl methyl sites for hydroxylation is 4. The third-order valence-corrected chi connectivity index (χ3v) is 4.38. The molecule has 0 radical (unpaired) electrons. The minimum absolute atomic E-state index is 0.240. The van der Waals surface area contributed by atoms with Crippen LogP contribution in [0.3, 0.4) is 0 Å². The van der Waals surface area contributed by atoms with E-state index in [1.165, 1.54) is 5.56 Å². The third kappa shape index (κ3) is 4.70. The second kappa shape index (κ2) is 7.99. The number of hydrogen-bond donors (Lipinski definition) is 2. The van der Waals surface area contributed by atoms with Crippen molar-refractivity contribution in [1.82, 2.24) is 9.97 Å². The first-order valence-electron chi connectivity index (χ1n) is 8.95. The van der Waals surface area contributed by atoms with Crippen molar-refractivity contribution in [3.8, 4) is 0 Å². The van der Waals surface area contributed by atoms with E-state index in [1.807, 2.05) is 39.0 Å². The highest BCUT2D eigenvalue weighted by Gasteiger charge is 2.13. The van der Waals surface area contributed by atoms with Crippen molar-refractivity contribution in [2.75, 3.05) is 10.6 Å². The lowest BCUT2D eigenvalue weighted by Gasteiger charge is -2.12. The summed E-state index contributed by atoms with van der Waals surface area (Å²) in [5.74, 6) is 0.207. The Morgan fingerprint density at radius 2 is 1.59 bits per heavy atom. The molecular formula is C22H24N4O. The predicted octanol–water partition coefficient (Wildman–Crippen LogP) is 4.57. The zero-order chi connectivity index (χ0) is 19.4. The number of benzene rings is 2. The number of para-hydroxylation sites is 1. The summed E-state index contributed by atoms with van der Waals surface area (Å²) in [6, 6.07) is 15.9. The summed E-state index contributed by atoms with van der Waals surface area (Å²) >= 11 is 0. The van der Waals surface area contributed by atoms with Crippen LogP contribution in [0.5, 0.6) is 0 Å². The van der Waals surface area contributed by atoms with Gasteiger partial charge in [0.05, 0.1) is 0 Å². The molecule has 3 aromatic rings. The zero-order valence-electron chi connectivity index (χ0n) is 16.1. The van der Waals surface area contributed by atoms with Gasteiger partial charge in [0.2, 0.25) is 5.95 Å². The Labute approximate surface area is 159 Å². The summed E-state index contributed by atoms with van der Waals surface area (Å²) in [6.45, 7) is 8.46. The van der Waals surface area contributed by atoms with Crippen molar-refractivity contribution in [2.45, 2.75) is 34.2 Å². The smallest absolute Gasteiger partial charge is 0.274 e. The summed E-state index contributed by atoms with van der Waals surface area (Å²) < 4.78 is 0. The minimum atomic E-state index is -0.240. The SMILES string of the molecule is Cc1ccc(CNc2nc(C)cc(C(=O)Nc3c(C)cccc3C)n2)cc1. The lowest BCUT2D eigenvalue weighted by molar-refractivity contribution is 0.102. The van der Waals surface area contributed by atoms with Gasteiger partial charge in [-0.3, -0.25) is 4.79 Å². The summed E-state index contributed by atoms with van der Waals surface area (Å²) in [5, 5.41) is 6.17. The maximum atomic E-state index is 12.7. The summed E-state index contributed by atoms with van der Waals surface area (Å²) in [7, 11) is 0. The molecule has 0 aliphatic heterocycles. The van der Waals surface area contributed by atoms with E-state index in [9.17, 15) is 4.79 Å². The Kier molecular flexibility index (Phi) is 5.50. The van der Waals surface area contributed by atoms with Crippen molar-refractivity contribution < 1.29 is 4.79 Å². The van der Waals surface area contributed by atoms with Crippen LogP contribution in [0, 0.1) is 27.7 Å². The van der Waals surface area contributed by atoms with Gasteiger partial charge in [0.25, 0.3) is 5.91 Å². The average molecular weight is 360 g/mol. The van der Waals surface area contributed by atoms with Gasteiger partial charge in [-0.1, -0.05) is 48.0 Å². The van der Waals surface area contributed by atoms with Gasteiger partial charge in [0.15, 0.2) is 0 Å². The number of anilines is 2. The lowest BCUT2D eigenvalue weighted by atomic mass is 10.1. The van der Waals surface area contributed by atoms with Gasteiger partial charge >= 0.3 is 0 Å². The van der Waals surface area contributed by atoms with Crippen LogP contribution < -0.4 is 10.6 Å². The van der Waals surface area contributed by atoms with Gasteiger partial charge in [-0.25, -0.2) is 9.97 Å². The zero-order valence-corrected chi connectivity index (χ0v) is 16.1. The van der Waals surface area contributed by atoms with Gasteiger partial charge in [0.1, 0.15) is 5.69 Å². The minimum Gasteiger partial charge on any atom is -0.350 e. The molecule has 1 amide bonds. The quantitative estimate of drug-likeness (QED) is 0.699. The number of rotatable bonds is 5. The number of hydrogen-bond acceptors (Lipinski definition) is 4. The molecule has 0 aliphatic rings. The van der Waals surface area contributed by atoms with Crippen molar-refractivity contribution in [3.05, 3.63) is 82.2 Å². The lowest BCUT2D eigenvalue weighted by Crippen LogP contribution is -2.17. The van der Waals surface area contributed by atoms with E-state index >= 15 is 0 Å². The van der Waals surface area contributed by atoms with Crippen LogP contribution in [0.15, 0.2) is 48.5 Å². The molecule has 0 spiro atoms. The predicted molar refractivity (Wildman–Crippen MR) is 109 cm³/mol. The van der Waals surface area contributed by atoms with Gasteiger partial charge < -0.3 is 10.6 Å². The molecule has 27 heavy (non-hydrogen) atoms. The summed E-state index contributed by atoms with van der Waals surface area (Å²) in [5.41, 5.74) is 6.30. The van der Waals surface area contributed by atoms with Crippen LogP contribution in [-0.2, 0) is 6.54 Å².